The number of rotatable bonds is 7. The Kier molecular flexibility index (Phi) is 6.10. The molecule has 138 valence electrons. The van der Waals surface area contributed by atoms with E-state index in [1.807, 2.05) is 13.0 Å². The smallest absolute Gasteiger partial charge is 0.361 e. The molecule has 2 aromatic rings. The zero-order chi connectivity index (χ0) is 18.7. The summed E-state index contributed by atoms with van der Waals surface area (Å²) < 4.78 is 46.4. The molecule has 0 aromatic carbocycles. The van der Waals surface area contributed by atoms with Gasteiger partial charge in [-0.05, 0) is 30.2 Å². The van der Waals surface area contributed by atoms with Gasteiger partial charge in [0.2, 0.25) is 0 Å². The van der Waals surface area contributed by atoms with E-state index in [4.69, 9.17) is 4.74 Å². The Morgan fingerprint density at radius 1 is 1.20 bits per heavy atom. The molecule has 0 atom stereocenters. The van der Waals surface area contributed by atoms with Crippen molar-refractivity contribution in [3.05, 3.63) is 41.7 Å². The SMILES string of the molecule is CCc1ccc(-c2cc(C(F)(F)F)cn2COCC[Si](C)(C)C)nc1. The minimum Gasteiger partial charge on any atom is -0.361 e. The Bertz CT molecular complexity index is 688. The standard InChI is InChI=1S/C18H25F3N2OSi/c1-5-14-6-7-16(22-11-14)17-10-15(18(19,20)21)12-23(17)13-24-8-9-25(2,3)4/h6-7,10-12H,5,8-9,13H2,1-4H3. The zero-order valence-electron chi connectivity index (χ0n) is 15.2. The lowest BCUT2D eigenvalue weighted by molar-refractivity contribution is -0.137. The van der Waals surface area contributed by atoms with Gasteiger partial charge in [-0.3, -0.25) is 4.98 Å². The van der Waals surface area contributed by atoms with Crippen molar-refractivity contribution in [1.82, 2.24) is 9.55 Å². The average Bonchev–Trinajstić information content (AvgIpc) is 2.95. The molecule has 0 spiro atoms. The maximum atomic E-state index is 13.1. The van der Waals surface area contributed by atoms with E-state index in [9.17, 15) is 13.2 Å². The molecular formula is C18H25F3N2OSi. The van der Waals surface area contributed by atoms with E-state index in [1.54, 1.807) is 12.3 Å². The van der Waals surface area contributed by atoms with Crippen LogP contribution in [0.3, 0.4) is 0 Å². The fraction of sp³-hybridized carbons (Fsp3) is 0.500. The van der Waals surface area contributed by atoms with E-state index in [0.717, 1.165) is 30.3 Å². The molecule has 25 heavy (non-hydrogen) atoms. The van der Waals surface area contributed by atoms with Gasteiger partial charge in [-0.2, -0.15) is 13.2 Å². The number of alkyl halides is 3. The highest BCUT2D eigenvalue weighted by molar-refractivity contribution is 6.76. The van der Waals surface area contributed by atoms with Gasteiger partial charge in [-0.25, -0.2) is 0 Å². The van der Waals surface area contributed by atoms with Gasteiger partial charge >= 0.3 is 6.18 Å². The summed E-state index contributed by atoms with van der Waals surface area (Å²) in [6.07, 6.45) is -0.755. The molecule has 0 aliphatic heterocycles. The fourth-order valence-electron chi connectivity index (χ4n) is 2.31. The number of halogens is 3. The molecule has 2 aromatic heterocycles. The second-order valence-electron chi connectivity index (χ2n) is 7.33. The number of ether oxygens (including phenoxy) is 1. The minimum atomic E-state index is -4.39. The van der Waals surface area contributed by atoms with E-state index >= 15 is 0 Å². The van der Waals surface area contributed by atoms with Crippen molar-refractivity contribution in [3.63, 3.8) is 0 Å². The fourth-order valence-corrected chi connectivity index (χ4v) is 3.07. The highest BCUT2D eigenvalue weighted by Gasteiger charge is 2.33. The minimum absolute atomic E-state index is 0.0904. The van der Waals surface area contributed by atoms with E-state index in [0.29, 0.717) is 18.0 Å². The zero-order valence-corrected chi connectivity index (χ0v) is 16.2. The Hall–Kier alpha value is -1.60. The predicted octanol–water partition coefficient (Wildman–Crippen LogP) is 5.44. The number of nitrogens with zero attached hydrogens (tertiary/aromatic N) is 2. The van der Waals surface area contributed by atoms with Crippen LogP contribution in [0, 0.1) is 0 Å². The van der Waals surface area contributed by atoms with Crippen molar-refractivity contribution in [3.8, 4) is 11.4 Å². The molecule has 3 nitrogen and oxygen atoms in total. The van der Waals surface area contributed by atoms with E-state index in [1.165, 1.54) is 4.57 Å². The summed E-state index contributed by atoms with van der Waals surface area (Å²) in [5.74, 6) is 0. The number of hydrogen-bond acceptors (Lipinski definition) is 2. The van der Waals surface area contributed by atoms with E-state index in [-0.39, 0.29) is 6.73 Å². The summed E-state index contributed by atoms with van der Waals surface area (Å²) >= 11 is 0. The normalized spacial score (nSPS) is 12.6. The van der Waals surface area contributed by atoms with Crippen LogP contribution in [0.1, 0.15) is 18.1 Å². The first-order valence-corrected chi connectivity index (χ1v) is 12.1. The van der Waals surface area contributed by atoms with Gasteiger partial charge in [-0.15, -0.1) is 0 Å². The van der Waals surface area contributed by atoms with Crippen molar-refractivity contribution >= 4 is 8.07 Å². The second kappa shape index (κ2) is 7.74. The van der Waals surface area contributed by atoms with Crippen molar-refractivity contribution in [2.45, 2.75) is 51.9 Å². The molecule has 0 aliphatic carbocycles. The highest BCUT2D eigenvalue weighted by atomic mass is 28.3. The van der Waals surface area contributed by atoms with Crippen molar-refractivity contribution in [2.75, 3.05) is 6.61 Å². The summed E-state index contributed by atoms with van der Waals surface area (Å²) in [4.78, 5) is 4.31. The van der Waals surface area contributed by atoms with Gasteiger partial charge in [0.1, 0.15) is 6.73 Å². The molecule has 0 aliphatic rings. The Morgan fingerprint density at radius 3 is 2.44 bits per heavy atom. The van der Waals surface area contributed by atoms with E-state index in [2.05, 4.69) is 24.6 Å². The molecule has 0 unspecified atom stereocenters. The molecule has 0 N–H and O–H groups in total. The van der Waals surface area contributed by atoms with Crippen LogP contribution in [-0.4, -0.2) is 24.2 Å². The van der Waals surface area contributed by atoms with Crippen LogP contribution < -0.4 is 0 Å². The quantitative estimate of drug-likeness (QED) is 0.479. The van der Waals surface area contributed by atoms with Gasteiger partial charge in [0.05, 0.1) is 17.0 Å². The molecule has 0 saturated heterocycles. The average molecular weight is 370 g/mol. The number of aromatic nitrogens is 2. The van der Waals surface area contributed by atoms with Gasteiger partial charge in [0, 0.05) is 27.1 Å². The summed E-state index contributed by atoms with van der Waals surface area (Å²) in [7, 11) is -1.23. The first-order valence-electron chi connectivity index (χ1n) is 8.40. The third kappa shape index (κ3) is 5.71. The molecule has 0 saturated carbocycles. The third-order valence-corrected chi connectivity index (χ3v) is 5.65. The second-order valence-corrected chi connectivity index (χ2v) is 13.0. The summed E-state index contributed by atoms with van der Waals surface area (Å²) in [6, 6.07) is 5.75. The monoisotopic (exact) mass is 370 g/mol. The van der Waals surface area contributed by atoms with Crippen LogP contribution >= 0.6 is 0 Å². The van der Waals surface area contributed by atoms with Crippen LogP contribution in [-0.2, 0) is 24.1 Å². The van der Waals surface area contributed by atoms with Crippen molar-refractivity contribution in [2.24, 2.45) is 0 Å². The largest absolute Gasteiger partial charge is 0.417 e. The van der Waals surface area contributed by atoms with Crippen LogP contribution in [0.5, 0.6) is 0 Å². The first-order chi connectivity index (χ1) is 11.6. The van der Waals surface area contributed by atoms with Crippen LogP contribution in [0.15, 0.2) is 30.6 Å². The maximum Gasteiger partial charge on any atom is 0.417 e. The number of aryl methyl sites for hydroxylation is 1. The predicted molar refractivity (Wildman–Crippen MR) is 96.1 cm³/mol. The molecule has 0 radical (unpaired) electrons. The molecule has 2 rings (SSSR count). The summed E-state index contributed by atoms with van der Waals surface area (Å²) in [5.41, 5.74) is 1.30. The molecule has 0 bridgehead atoms. The molecular weight excluding hydrogens is 345 g/mol. The number of pyridine rings is 1. The lowest BCUT2D eigenvalue weighted by Gasteiger charge is -2.16. The molecule has 0 amide bonds. The van der Waals surface area contributed by atoms with Gasteiger partial charge in [0.25, 0.3) is 0 Å². The van der Waals surface area contributed by atoms with Gasteiger partial charge in [-0.1, -0.05) is 32.6 Å². The van der Waals surface area contributed by atoms with E-state index < -0.39 is 19.8 Å². The Morgan fingerprint density at radius 2 is 1.92 bits per heavy atom. The lowest BCUT2D eigenvalue weighted by atomic mass is 10.2. The molecule has 2 heterocycles. The molecule has 7 heteroatoms. The summed E-state index contributed by atoms with van der Waals surface area (Å²) in [6.45, 7) is 9.35. The highest BCUT2D eigenvalue weighted by Crippen LogP contribution is 2.33. The van der Waals surface area contributed by atoms with Crippen LogP contribution in [0.25, 0.3) is 11.4 Å². The van der Waals surface area contributed by atoms with Gasteiger partial charge < -0.3 is 9.30 Å². The Balaban J connectivity index is 2.22. The summed E-state index contributed by atoms with van der Waals surface area (Å²) in [5, 5.41) is 0. The lowest BCUT2D eigenvalue weighted by Crippen LogP contribution is -2.22. The van der Waals surface area contributed by atoms with Crippen LogP contribution in [0.4, 0.5) is 13.2 Å². The number of hydrogen-bond donors (Lipinski definition) is 0. The van der Waals surface area contributed by atoms with Gasteiger partial charge in [0.15, 0.2) is 0 Å². The first kappa shape index (κ1) is 19.7. The topological polar surface area (TPSA) is 27.1 Å². The van der Waals surface area contributed by atoms with Crippen molar-refractivity contribution in [1.29, 1.82) is 0 Å². The Labute approximate surface area is 147 Å². The maximum absolute atomic E-state index is 13.1. The third-order valence-electron chi connectivity index (χ3n) is 3.95. The molecule has 0 fully saturated rings. The van der Waals surface area contributed by atoms with Crippen LogP contribution in [0.2, 0.25) is 25.7 Å². The van der Waals surface area contributed by atoms with Crippen molar-refractivity contribution < 1.29 is 17.9 Å².